The molecule has 1 amide bonds. The zero-order chi connectivity index (χ0) is 14.7. The number of anilines is 1. The molecule has 6 heteroatoms. The van der Waals surface area contributed by atoms with E-state index >= 15 is 0 Å². The van der Waals surface area contributed by atoms with Gasteiger partial charge in [-0.2, -0.15) is 5.10 Å². The van der Waals surface area contributed by atoms with Crippen LogP contribution in [0.3, 0.4) is 0 Å². The Kier molecular flexibility index (Phi) is 3.96. The molecule has 1 aliphatic carbocycles. The van der Waals surface area contributed by atoms with E-state index in [1.54, 1.807) is 0 Å². The zero-order valence-electron chi connectivity index (χ0n) is 11.7. The highest BCUT2D eigenvalue weighted by Gasteiger charge is 2.25. The molecule has 1 aromatic heterocycles. The van der Waals surface area contributed by atoms with E-state index in [4.69, 9.17) is 5.73 Å². The molecule has 6 nitrogen and oxygen atoms in total. The third-order valence-corrected chi connectivity index (χ3v) is 3.93. The second-order valence-corrected chi connectivity index (χ2v) is 5.52. The van der Waals surface area contributed by atoms with Crippen LogP contribution in [0.25, 0.3) is 11.4 Å². The van der Waals surface area contributed by atoms with Crippen LogP contribution in [-0.4, -0.2) is 27.1 Å². The first-order valence-corrected chi connectivity index (χ1v) is 7.24. The van der Waals surface area contributed by atoms with E-state index in [0.717, 1.165) is 36.9 Å². The summed E-state index contributed by atoms with van der Waals surface area (Å²) in [5, 5.41) is 9.59. The molecule has 110 valence electrons. The third kappa shape index (κ3) is 3.28. The first-order chi connectivity index (χ1) is 10.2. The number of aromatic nitrogens is 3. The van der Waals surface area contributed by atoms with E-state index in [2.05, 4.69) is 20.5 Å². The summed E-state index contributed by atoms with van der Waals surface area (Å²) in [5.74, 6) is 0.811. The van der Waals surface area contributed by atoms with Crippen LogP contribution in [0, 0.1) is 5.92 Å². The Labute approximate surface area is 123 Å². The van der Waals surface area contributed by atoms with Crippen molar-refractivity contribution in [3.8, 4) is 11.4 Å². The average Bonchev–Trinajstić information content (AvgIpc) is 3.02. The number of carbonyl (C=O) groups is 1. The maximum absolute atomic E-state index is 12.2. The molecule has 3 rings (SSSR count). The molecule has 2 atom stereocenters. The van der Waals surface area contributed by atoms with Gasteiger partial charge in [-0.15, -0.1) is 0 Å². The SMILES string of the molecule is NC1CCCC(C(=O)Nc2ccc(-c3ncn[nH]3)cc2)C1. The van der Waals surface area contributed by atoms with Crippen LogP contribution in [0.1, 0.15) is 25.7 Å². The molecule has 1 saturated carbocycles. The lowest BCUT2D eigenvalue weighted by molar-refractivity contribution is -0.120. The van der Waals surface area contributed by atoms with Gasteiger partial charge in [-0.3, -0.25) is 9.89 Å². The molecule has 0 radical (unpaired) electrons. The monoisotopic (exact) mass is 285 g/mol. The highest BCUT2D eigenvalue weighted by Crippen LogP contribution is 2.25. The number of nitrogens with zero attached hydrogens (tertiary/aromatic N) is 2. The molecule has 1 fully saturated rings. The second-order valence-electron chi connectivity index (χ2n) is 5.52. The van der Waals surface area contributed by atoms with E-state index in [9.17, 15) is 4.79 Å². The van der Waals surface area contributed by atoms with Crippen molar-refractivity contribution in [2.45, 2.75) is 31.7 Å². The predicted molar refractivity (Wildman–Crippen MR) is 80.4 cm³/mol. The number of nitrogens with two attached hydrogens (primary N) is 1. The van der Waals surface area contributed by atoms with E-state index in [1.165, 1.54) is 6.33 Å². The average molecular weight is 285 g/mol. The minimum Gasteiger partial charge on any atom is -0.328 e. The van der Waals surface area contributed by atoms with Gasteiger partial charge in [0.2, 0.25) is 5.91 Å². The molecule has 4 N–H and O–H groups in total. The molecule has 2 unspecified atom stereocenters. The summed E-state index contributed by atoms with van der Waals surface area (Å²) < 4.78 is 0. The van der Waals surface area contributed by atoms with Crippen LogP contribution in [0.4, 0.5) is 5.69 Å². The fraction of sp³-hybridized carbons (Fsp3) is 0.400. The number of hydrogen-bond donors (Lipinski definition) is 3. The Morgan fingerprint density at radius 1 is 1.29 bits per heavy atom. The van der Waals surface area contributed by atoms with Crippen molar-refractivity contribution < 1.29 is 4.79 Å². The van der Waals surface area contributed by atoms with E-state index in [0.29, 0.717) is 5.82 Å². The van der Waals surface area contributed by atoms with Gasteiger partial charge < -0.3 is 11.1 Å². The molecule has 0 saturated heterocycles. The largest absolute Gasteiger partial charge is 0.328 e. The van der Waals surface area contributed by atoms with Gasteiger partial charge >= 0.3 is 0 Å². The number of nitrogens with one attached hydrogen (secondary N) is 2. The van der Waals surface area contributed by atoms with Gasteiger partial charge in [0, 0.05) is 23.2 Å². The summed E-state index contributed by atoms with van der Waals surface area (Å²) >= 11 is 0. The summed E-state index contributed by atoms with van der Waals surface area (Å²) in [6.45, 7) is 0. The molecular formula is C15H19N5O. The first kappa shape index (κ1) is 13.8. The highest BCUT2D eigenvalue weighted by atomic mass is 16.1. The molecule has 21 heavy (non-hydrogen) atoms. The van der Waals surface area contributed by atoms with Crippen LogP contribution < -0.4 is 11.1 Å². The molecule has 0 spiro atoms. The van der Waals surface area contributed by atoms with Gasteiger partial charge in [-0.25, -0.2) is 4.98 Å². The summed E-state index contributed by atoms with van der Waals surface area (Å²) in [6.07, 6.45) is 5.23. The summed E-state index contributed by atoms with van der Waals surface area (Å²) in [4.78, 5) is 16.3. The Bertz CT molecular complexity index is 593. The van der Waals surface area contributed by atoms with E-state index in [-0.39, 0.29) is 17.9 Å². The van der Waals surface area contributed by atoms with Gasteiger partial charge in [0.05, 0.1) is 0 Å². The minimum atomic E-state index is 0.0303. The van der Waals surface area contributed by atoms with Crippen LogP contribution in [0.15, 0.2) is 30.6 Å². The Morgan fingerprint density at radius 3 is 2.76 bits per heavy atom. The molecule has 1 heterocycles. The summed E-state index contributed by atoms with van der Waals surface area (Å²) in [6, 6.07) is 7.71. The van der Waals surface area contributed by atoms with Crippen LogP contribution in [0.5, 0.6) is 0 Å². The molecule has 0 bridgehead atoms. The van der Waals surface area contributed by atoms with Crippen LogP contribution in [-0.2, 0) is 4.79 Å². The fourth-order valence-electron chi connectivity index (χ4n) is 2.77. The van der Waals surface area contributed by atoms with Gasteiger partial charge in [-0.05, 0) is 43.5 Å². The number of amides is 1. The lowest BCUT2D eigenvalue weighted by Crippen LogP contribution is -2.34. The topological polar surface area (TPSA) is 96.7 Å². The Morgan fingerprint density at radius 2 is 2.10 bits per heavy atom. The quantitative estimate of drug-likeness (QED) is 0.802. The van der Waals surface area contributed by atoms with Gasteiger partial charge in [0.25, 0.3) is 0 Å². The van der Waals surface area contributed by atoms with E-state index < -0.39 is 0 Å². The number of hydrogen-bond acceptors (Lipinski definition) is 4. The van der Waals surface area contributed by atoms with Crippen molar-refractivity contribution in [3.63, 3.8) is 0 Å². The molecular weight excluding hydrogens is 266 g/mol. The normalized spacial score (nSPS) is 22.0. The number of aromatic amines is 1. The van der Waals surface area contributed by atoms with Crippen molar-refractivity contribution >= 4 is 11.6 Å². The van der Waals surface area contributed by atoms with Gasteiger partial charge in [-0.1, -0.05) is 6.42 Å². The van der Waals surface area contributed by atoms with E-state index in [1.807, 2.05) is 24.3 Å². The molecule has 1 aromatic carbocycles. The predicted octanol–water partition coefficient (Wildman–Crippen LogP) is 1.93. The summed E-state index contributed by atoms with van der Waals surface area (Å²) in [7, 11) is 0. The van der Waals surface area contributed by atoms with Crippen molar-refractivity contribution in [2.75, 3.05) is 5.32 Å². The maximum atomic E-state index is 12.2. The van der Waals surface area contributed by atoms with Crippen molar-refractivity contribution in [3.05, 3.63) is 30.6 Å². The molecule has 1 aliphatic rings. The summed E-state index contributed by atoms with van der Waals surface area (Å²) in [5.41, 5.74) is 7.66. The van der Waals surface area contributed by atoms with Crippen molar-refractivity contribution in [1.29, 1.82) is 0 Å². The number of H-pyrrole nitrogens is 1. The Balaban J connectivity index is 1.63. The lowest BCUT2D eigenvalue weighted by Gasteiger charge is -2.25. The van der Waals surface area contributed by atoms with Crippen molar-refractivity contribution in [1.82, 2.24) is 15.2 Å². The van der Waals surface area contributed by atoms with Crippen molar-refractivity contribution in [2.24, 2.45) is 11.7 Å². The lowest BCUT2D eigenvalue weighted by atomic mass is 9.85. The van der Waals surface area contributed by atoms with Gasteiger partial charge in [0.15, 0.2) is 5.82 Å². The number of benzene rings is 1. The highest BCUT2D eigenvalue weighted by molar-refractivity contribution is 5.92. The zero-order valence-corrected chi connectivity index (χ0v) is 11.7. The smallest absolute Gasteiger partial charge is 0.227 e. The molecule has 0 aliphatic heterocycles. The Hall–Kier alpha value is -2.21. The standard InChI is InChI=1S/C15H19N5O/c16-12-3-1-2-11(8-12)15(21)19-13-6-4-10(5-7-13)14-17-9-18-20-14/h4-7,9,11-12H,1-3,8,16H2,(H,19,21)(H,17,18,20). The third-order valence-electron chi connectivity index (χ3n) is 3.93. The van der Waals surface area contributed by atoms with Gasteiger partial charge in [0.1, 0.15) is 6.33 Å². The minimum absolute atomic E-state index is 0.0303. The van der Waals surface area contributed by atoms with Crippen LogP contribution >= 0.6 is 0 Å². The number of carbonyl (C=O) groups excluding carboxylic acids is 1. The molecule has 2 aromatic rings. The maximum Gasteiger partial charge on any atom is 0.227 e. The van der Waals surface area contributed by atoms with Crippen LogP contribution in [0.2, 0.25) is 0 Å². The first-order valence-electron chi connectivity index (χ1n) is 7.24. The fourth-order valence-corrected chi connectivity index (χ4v) is 2.77. The second kappa shape index (κ2) is 6.05. The number of rotatable bonds is 3.